The quantitative estimate of drug-likeness (QED) is 0.341. The minimum absolute atomic E-state index is 0.292. The number of fused-ring (bicyclic) bond motifs is 5. The largest absolute Gasteiger partial charge is 0.433 e. The van der Waals surface area contributed by atoms with Crippen molar-refractivity contribution in [2.24, 2.45) is 0 Å². The molecular formula is C19H15BrF3N7S. The molecule has 0 saturated heterocycles. The minimum atomic E-state index is -4.50. The van der Waals surface area contributed by atoms with Crippen LogP contribution in [0.3, 0.4) is 0 Å². The van der Waals surface area contributed by atoms with E-state index >= 15 is 0 Å². The number of thiophene rings is 1. The summed E-state index contributed by atoms with van der Waals surface area (Å²) < 4.78 is 44.6. The molecule has 5 aromatic heterocycles. The Balaban J connectivity index is 1.58. The summed E-state index contributed by atoms with van der Waals surface area (Å²) in [6, 6.07) is 1.06. The average Bonchev–Trinajstić information content (AvgIpc) is 3.35. The highest BCUT2D eigenvalue weighted by Gasteiger charge is 2.33. The number of aryl methyl sites for hydroxylation is 4. The van der Waals surface area contributed by atoms with Crippen LogP contribution in [0.1, 0.15) is 28.5 Å². The first-order valence-electron chi connectivity index (χ1n) is 9.34. The van der Waals surface area contributed by atoms with Crippen LogP contribution in [0.4, 0.5) is 13.2 Å². The summed E-state index contributed by atoms with van der Waals surface area (Å²) in [6.07, 6.45) is -2.41. The number of hydrogen-bond acceptors (Lipinski definition) is 6. The SMILES string of the molecule is Cc1nn(CCc2nc3c4sc5nc(C(F)(F)F)cc(C)c5c4ncn3n2)c(C)c1Br. The third-order valence-electron chi connectivity index (χ3n) is 5.14. The average molecular weight is 510 g/mol. The number of aromatic nitrogens is 7. The highest BCUT2D eigenvalue weighted by molar-refractivity contribution is 9.10. The van der Waals surface area contributed by atoms with Crippen LogP contribution in [-0.4, -0.2) is 34.3 Å². The van der Waals surface area contributed by atoms with Crippen molar-refractivity contribution in [1.82, 2.24) is 34.3 Å². The molecule has 0 saturated carbocycles. The van der Waals surface area contributed by atoms with E-state index in [0.29, 0.717) is 50.4 Å². The summed E-state index contributed by atoms with van der Waals surface area (Å²) in [5.74, 6) is 0.607. The first-order chi connectivity index (χ1) is 14.6. The predicted octanol–water partition coefficient (Wildman–Crippen LogP) is 5.03. The van der Waals surface area contributed by atoms with Gasteiger partial charge < -0.3 is 0 Å². The van der Waals surface area contributed by atoms with E-state index in [4.69, 9.17) is 0 Å². The molecule has 0 aliphatic carbocycles. The van der Waals surface area contributed by atoms with Crippen LogP contribution in [0.15, 0.2) is 16.9 Å². The second-order valence-corrected chi connectivity index (χ2v) is 9.07. The first-order valence-corrected chi connectivity index (χ1v) is 10.9. The van der Waals surface area contributed by atoms with Crippen molar-refractivity contribution in [3.05, 3.63) is 45.3 Å². The maximum absolute atomic E-state index is 13.2. The van der Waals surface area contributed by atoms with Crippen LogP contribution in [0, 0.1) is 20.8 Å². The topological polar surface area (TPSA) is 73.8 Å². The highest BCUT2D eigenvalue weighted by atomic mass is 79.9. The van der Waals surface area contributed by atoms with Gasteiger partial charge in [-0.05, 0) is 48.3 Å². The Labute approximate surface area is 186 Å². The molecule has 31 heavy (non-hydrogen) atoms. The van der Waals surface area contributed by atoms with Crippen molar-refractivity contribution >= 4 is 53.3 Å². The maximum atomic E-state index is 13.2. The molecule has 0 amide bonds. The molecule has 0 unspecified atom stereocenters. The van der Waals surface area contributed by atoms with E-state index < -0.39 is 11.9 Å². The smallest absolute Gasteiger partial charge is 0.268 e. The molecule has 0 fully saturated rings. The number of pyridine rings is 1. The number of rotatable bonds is 3. The fourth-order valence-electron chi connectivity index (χ4n) is 3.60. The zero-order valence-electron chi connectivity index (χ0n) is 16.6. The van der Waals surface area contributed by atoms with Gasteiger partial charge in [-0.3, -0.25) is 4.68 Å². The first kappa shape index (κ1) is 20.3. The Morgan fingerprint density at radius 2 is 1.90 bits per heavy atom. The number of hydrogen-bond donors (Lipinski definition) is 0. The summed E-state index contributed by atoms with van der Waals surface area (Å²) in [5, 5.41) is 9.59. The fraction of sp³-hybridized carbons (Fsp3) is 0.316. The third-order valence-corrected chi connectivity index (χ3v) is 7.36. The van der Waals surface area contributed by atoms with Gasteiger partial charge in [-0.25, -0.2) is 19.5 Å². The van der Waals surface area contributed by atoms with E-state index in [9.17, 15) is 13.2 Å². The normalized spacial score (nSPS) is 12.6. The minimum Gasteiger partial charge on any atom is -0.268 e. The lowest BCUT2D eigenvalue weighted by Crippen LogP contribution is -2.07. The molecular weight excluding hydrogens is 495 g/mol. The lowest BCUT2D eigenvalue weighted by molar-refractivity contribution is -0.141. The van der Waals surface area contributed by atoms with Gasteiger partial charge in [0.25, 0.3) is 0 Å². The Morgan fingerprint density at radius 3 is 2.58 bits per heavy atom. The van der Waals surface area contributed by atoms with Crippen LogP contribution in [0.2, 0.25) is 0 Å². The zero-order chi connectivity index (χ0) is 22.1. The second kappa shape index (κ2) is 6.95. The van der Waals surface area contributed by atoms with E-state index in [1.807, 2.05) is 18.5 Å². The molecule has 0 aromatic carbocycles. The van der Waals surface area contributed by atoms with Crippen molar-refractivity contribution in [1.29, 1.82) is 0 Å². The zero-order valence-corrected chi connectivity index (χ0v) is 19.0. The van der Waals surface area contributed by atoms with Crippen LogP contribution >= 0.6 is 27.3 Å². The Kier molecular flexibility index (Phi) is 4.56. The summed E-state index contributed by atoms with van der Waals surface area (Å²) >= 11 is 4.67. The van der Waals surface area contributed by atoms with Crippen molar-refractivity contribution in [3.63, 3.8) is 0 Å². The summed E-state index contributed by atoms with van der Waals surface area (Å²) in [5.41, 5.74) is 2.67. The molecule has 5 heterocycles. The third kappa shape index (κ3) is 3.28. The van der Waals surface area contributed by atoms with Gasteiger partial charge in [0.15, 0.2) is 11.5 Å². The van der Waals surface area contributed by atoms with Gasteiger partial charge in [-0.15, -0.1) is 16.4 Å². The molecule has 0 bridgehead atoms. The summed E-state index contributed by atoms with van der Waals surface area (Å²) in [4.78, 5) is 13.2. The van der Waals surface area contributed by atoms with Crippen LogP contribution in [-0.2, 0) is 19.1 Å². The van der Waals surface area contributed by atoms with Gasteiger partial charge in [-0.1, -0.05) is 0 Å². The van der Waals surface area contributed by atoms with Gasteiger partial charge in [0.2, 0.25) is 0 Å². The molecule has 7 nitrogen and oxygen atoms in total. The van der Waals surface area contributed by atoms with E-state index in [1.165, 1.54) is 6.33 Å². The van der Waals surface area contributed by atoms with Crippen molar-refractivity contribution in [2.75, 3.05) is 0 Å². The number of alkyl halides is 3. The fourth-order valence-corrected chi connectivity index (χ4v) is 5.07. The summed E-state index contributed by atoms with van der Waals surface area (Å²) in [6.45, 7) is 6.16. The van der Waals surface area contributed by atoms with Crippen molar-refractivity contribution in [2.45, 2.75) is 39.9 Å². The van der Waals surface area contributed by atoms with E-state index in [2.05, 4.69) is 41.1 Å². The molecule has 0 radical (unpaired) electrons. The predicted molar refractivity (Wildman–Crippen MR) is 114 cm³/mol. The molecule has 0 aliphatic heterocycles. The van der Waals surface area contributed by atoms with Crippen molar-refractivity contribution in [3.8, 4) is 0 Å². The van der Waals surface area contributed by atoms with Gasteiger partial charge in [0.1, 0.15) is 21.6 Å². The van der Waals surface area contributed by atoms with Crippen LogP contribution < -0.4 is 0 Å². The molecule has 12 heteroatoms. The lowest BCUT2D eigenvalue weighted by Gasteiger charge is -2.06. The molecule has 0 spiro atoms. The van der Waals surface area contributed by atoms with E-state index in [0.717, 1.165) is 33.3 Å². The van der Waals surface area contributed by atoms with Gasteiger partial charge in [0, 0.05) is 24.0 Å². The Hall–Kier alpha value is -2.60. The van der Waals surface area contributed by atoms with E-state index in [1.54, 1.807) is 11.4 Å². The maximum Gasteiger partial charge on any atom is 0.433 e. The molecule has 0 N–H and O–H groups in total. The Morgan fingerprint density at radius 1 is 1.13 bits per heavy atom. The summed E-state index contributed by atoms with van der Waals surface area (Å²) in [7, 11) is 0. The monoisotopic (exact) mass is 509 g/mol. The number of nitrogens with zero attached hydrogens (tertiary/aromatic N) is 7. The van der Waals surface area contributed by atoms with Gasteiger partial charge >= 0.3 is 6.18 Å². The van der Waals surface area contributed by atoms with E-state index in [-0.39, 0.29) is 0 Å². The lowest BCUT2D eigenvalue weighted by atomic mass is 10.1. The van der Waals surface area contributed by atoms with Crippen LogP contribution in [0.5, 0.6) is 0 Å². The standard InChI is InChI=1S/C19H15BrF3N7S/c1-8-6-11(19(21,22)23)25-18-13(8)15-16(31-18)17-26-12(28-30(17)7-24-15)4-5-29-10(3)14(20)9(2)27-29/h6-7H,4-5H2,1-3H3. The molecule has 160 valence electrons. The Bertz CT molecular complexity index is 1480. The highest BCUT2D eigenvalue weighted by Crippen LogP contribution is 2.38. The van der Waals surface area contributed by atoms with Gasteiger partial charge in [0.05, 0.1) is 15.7 Å². The molecule has 5 aromatic rings. The van der Waals surface area contributed by atoms with Crippen LogP contribution in [0.25, 0.3) is 26.1 Å². The second-order valence-electron chi connectivity index (χ2n) is 7.28. The number of halogens is 4. The van der Waals surface area contributed by atoms with Gasteiger partial charge in [-0.2, -0.15) is 18.3 Å². The molecule has 5 rings (SSSR count). The molecule has 0 atom stereocenters. The van der Waals surface area contributed by atoms with Crippen molar-refractivity contribution < 1.29 is 13.2 Å². The molecule has 0 aliphatic rings.